The van der Waals surface area contributed by atoms with Crippen LogP contribution in [0.15, 0.2) is 53.0 Å². The maximum absolute atomic E-state index is 3.50. The molecule has 0 radical (unpaired) electrons. The summed E-state index contributed by atoms with van der Waals surface area (Å²) in [6.45, 7) is 4.43. The summed E-state index contributed by atoms with van der Waals surface area (Å²) in [6.07, 6.45) is 0. The molecule has 82 valence electrons. The second kappa shape index (κ2) is 4.84. The lowest BCUT2D eigenvalue weighted by atomic mass is 9.99. The van der Waals surface area contributed by atoms with Crippen LogP contribution in [0.4, 0.5) is 0 Å². The minimum Gasteiger partial charge on any atom is -0.0605 e. The van der Waals surface area contributed by atoms with Crippen LogP contribution in [-0.2, 0) is 0 Å². The molecular weight excluding hydrogens is 260 g/mol. The lowest BCUT2D eigenvalue weighted by Crippen LogP contribution is -1.86. The molecule has 2 aromatic carbocycles. The van der Waals surface area contributed by atoms with Gasteiger partial charge in [-0.15, -0.1) is 0 Å². The molecule has 0 fully saturated rings. The molecule has 2 rings (SSSR count). The van der Waals surface area contributed by atoms with E-state index < -0.39 is 0 Å². The Kier molecular flexibility index (Phi) is 3.45. The molecule has 0 bridgehead atoms. The van der Waals surface area contributed by atoms with Crippen LogP contribution >= 0.6 is 15.9 Å². The van der Waals surface area contributed by atoms with Gasteiger partial charge in [-0.1, -0.05) is 66.2 Å². The zero-order chi connectivity index (χ0) is 11.5. The minimum absolute atomic E-state index is 0.594. The van der Waals surface area contributed by atoms with E-state index in [0.717, 1.165) is 4.47 Å². The second-order valence-electron chi connectivity index (χ2n) is 4.29. The molecule has 0 heterocycles. The van der Waals surface area contributed by atoms with Crippen LogP contribution in [-0.4, -0.2) is 0 Å². The molecule has 1 heteroatoms. The monoisotopic (exact) mass is 274 g/mol. The molecule has 0 N–H and O–H groups in total. The molecule has 0 saturated heterocycles. The van der Waals surface area contributed by atoms with E-state index in [1.54, 1.807) is 0 Å². The number of halogens is 1. The lowest BCUT2D eigenvalue weighted by Gasteiger charge is -2.07. The minimum atomic E-state index is 0.594. The Hall–Kier alpha value is -1.08. The highest BCUT2D eigenvalue weighted by Gasteiger charge is 2.01. The highest BCUT2D eigenvalue weighted by atomic mass is 79.9. The zero-order valence-corrected chi connectivity index (χ0v) is 11.2. The molecule has 0 nitrogen and oxygen atoms in total. The van der Waals surface area contributed by atoms with Gasteiger partial charge in [0.1, 0.15) is 0 Å². The summed E-state index contributed by atoms with van der Waals surface area (Å²) < 4.78 is 1.12. The Labute approximate surface area is 105 Å². The summed E-state index contributed by atoms with van der Waals surface area (Å²) in [4.78, 5) is 0. The topological polar surface area (TPSA) is 0 Å². The third kappa shape index (κ3) is 2.53. The predicted molar refractivity (Wildman–Crippen MR) is 73.7 cm³/mol. The quantitative estimate of drug-likeness (QED) is 0.703. The molecule has 0 unspecified atom stereocenters. The van der Waals surface area contributed by atoms with Crippen LogP contribution in [0.3, 0.4) is 0 Å². The Morgan fingerprint density at radius 2 is 1.56 bits per heavy atom. The van der Waals surface area contributed by atoms with E-state index in [9.17, 15) is 0 Å². The van der Waals surface area contributed by atoms with Gasteiger partial charge in [-0.2, -0.15) is 0 Å². The van der Waals surface area contributed by atoms with Gasteiger partial charge in [-0.3, -0.25) is 0 Å². The second-order valence-corrected chi connectivity index (χ2v) is 5.20. The molecule has 0 atom stereocenters. The van der Waals surface area contributed by atoms with E-state index in [1.165, 1.54) is 16.7 Å². The molecule has 0 aromatic heterocycles. The van der Waals surface area contributed by atoms with E-state index in [2.05, 4.69) is 72.2 Å². The fourth-order valence-corrected chi connectivity index (χ4v) is 2.13. The van der Waals surface area contributed by atoms with Gasteiger partial charge in [0, 0.05) is 4.47 Å². The Morgan fingerprint density at radius 1 is 0.875 bits per heavy atom. The number of rotatable bonds is 2. The van der Waals surface area contributed by atoms with Gasteiger partial charge < -0.3 is 0 Å². The third-order valence-electron chi connectivity index (χ3n) is 2.74. The standard InChI is InChI=1S/C15H15Br/c1-11(2)12-6-8-13(9-7-12)14-4-3-5-15(16)10-14/h3-11H,1-2H3. The summed E-state index contributed by atoms with van der Waals surface area (Å²) in [5.41, 5.74) is 3.91. The lowest BCUT2D eigenvalue weighted by molar-refractivity contribution is 0.867. The SMILES string of the molecule is CC(C)c1ccc(-c2cccc(Br)c2)cc1. The predicted octanol–water partition coefficient (Wildman–Crippen LogP) is 5.24. The fraction of sp³-hybridized carbons (Fsp3) is 0.200. The van der Waals surface area contributed by atoms with E-state index >= 15 is 0 Å². The molecular formula is C15H15Br. The van der Waals surface area contributed by atoms with Crippen molar-refractivity contribution in [1.82, 2.24) is 0 Å². The van der Waals surface area contributed by atoms with Gasteiger partial charge in [-0.05, 0) is 34.7 Å². The van der Waals surface area contributed by atoms with Crippen LogP contribution in [0.25, 0.3) is 11.1 Å². The number of benzene rings is 2. The first-order valence-electron chi connectivity index (χ1n) is 5.53. The van der Waals surface area contributed by atoms with E-state index in [1.807, 2.05) is 6.07 Å². The zero-order valence-electron chi connectivity index (χ0n) is 9.57. The maximum atomic E-state index is 3.50. The van der Waals surface area contributed by atoms with Crippen LogP contribution in [0, 0.1) is 0 Å². The highest BCUT2D eigenvalue weighted by molar-refractivity contribution is 9.10. The van der Waals surface area contributed by atoms with E-state index in [4.69, 9.17) is 0 Å². The van der Waals surface area contributed by atoms with Crippen molar-refractivity contribution in [2.75, 3.05) is 0 Å². The van der Waals surface area contributed by atoms with Crippen molar-refractivity contribution < 1.29 is 0 Å². The summed E-state index contributed by atoms with van der Waals surface area (Å²) in [6, 6.07) is 17.2. The van der Waals surface area contributed by atoms with E-state index in [0.29, 0.717) is 5.92 Å². The largest absolute Gasteiger partial charge is 0.0605 e. The van der Waals surface area contributed by atoms with Gasteiger partial charge >= 0.3 is 0 Å². The van der Waals surface area contributed by atoms with Crippen molar-refractivity contribution in [2.24, 2.45) is 0 Å². The summed E-state index contributed by atoms with van der Waals surface area (Å²) in [7, 11) is 0. The summed E-state index contributed by atoms with van der Waals surface area (Å²) in [5, 5.41) is 0. The van der Waals surface area contributed by atoms with Crippen molar-refractivity contribution in [3.63, 3.8) is 0 Å². The first-order valence-corrected chi connectivity index (χ1v) is 6.32. The van der Waals surface area contributed by atoms with Crippen LogP contribution in [0.1, 0.15) is 25.3 Å². The maximum Gasteiger partial charge on any atom is 0.0181 e. The molecule has 0 amide bonds. The fourth-order valence-electron chi connectivity index (χ4n) is 1.73. The summed E-state index contributed by atoms with van der Waals surface area (Å²) in [5.74, 6) is 0.594. The molecule has 0 spiro atoms. The van der Waals surface area contributed by atoms with E-state index in [-0.39, 0.29) is 0 Å². The Balaban J connectivity index is 2.35. The van der Waals surface area contributed by atoms with Crippen molar-refractivity contribution in [3.05, 3.63) is 58.6 Å². The molecule has 16 heavy (non-hydrogen) atoms. The van der Waals surface area contributed by atoms with Gasteiger partial charge in [0.25, 0.3) is 0 Å². The molecule has 2 aromatic rings. The third-order valence-corrected chi connectivity index (χ3v) is 3.23. The van der Waals surface area contributed by atoms with Gasteiger partial charge in [-0.25, -0.2) is 0 Å². The molecule has 0 saturated carbocycles. The first-order chi connectivity index (χ1) is 7.66. The van der Waals surface area contributed by atoms with Crippen molar-refractivity contribution in [2.45, 2.75) is 19.8 Å². The van der Waals surface area contributed by atoms with Crippen molar-refractivity contribution in [1.29, 1.82) is 0 Å². The van der Waals surface area contributed by atoms with Crippen LogP contribution < -0.4 is 0 Å². The Bertz CT molecular complexity index is 469. The Morgan fingerprint density at radius 3 is 2.12 bits per heavy atom. The average Bonchev–Trinajstić information content (AvgIpc) is 2.29. The summed E-state index contributed by atoms with van der Waals surface area (Å²) >= 11 is 3.50. The first kappa shape index (κ1) is 11.4. The normalized spacial score (nSPS) is 10.8. The van der Waals surface area contributed by atoms with Gasteiger partial charge in [0.15, 0.2) is 0 Å². The van der Waals surface area contributed by atoms with Crippen molar-refractivity contribution in [3.8, 4) is 11.1 Å². The average molecular weight is 275 g/mol. The number of hydrogen-bond acceptors (Lipinski definition) is 0. The molecule has 0 aliphatic heterocycles. The van der Waals surface area contributed by atoms with Crippen LogP contribution in [0.2, 0.25) is 0 Å². The highest BCUT2D eigenvalue weighted by Crippen LogP contribution is 2.24. The molecule has 0 aliphatic rings. The van der Waals surface area contributed by atoms with Crippen LogP contribution in [0.5, 0.6) is 0 Å². The molecule has 0 aliphatic carbocycles. The smallest absolute Gasteiger partial charge is 0.0181 e. The van der Waals surface area contributed by atoms with Gasteiger partial charge in [0.05, 0.1) is 0 Å². The number of hydrogen-bond donors (Lipinski definition) is 0. The van der Waals surface area contributed by atoms with Crippen molar-refractivity contribution >= 4 is 15.9 Å². The van der Waals surface area contributed by atoms with Gasteiger partial charge in [0.2, 0.25) is 0 Å².